The first-order valence-electron chi connectivity index (χ1n) is 7.22. The van der Waals surface area contributed by atoms with Gasteiger partial charge in [-0.3, -0.25) is 0 Å². The lowest BCUT2D eigenvalue weighted by Crippen LogP contribution is -2.32. The molecule has 1 aliphatic heterocycles. The molecular formula is C14H25NO. The summed E-state index contributed by atoms with van der Waals surface area (Å²) in [6.07, 6.45) is 8.59. The molecule has 0 spiro atoms. The largest absolute Gasteiger partial charge is 0.381 e. The van der Waals surface area contributed by atoms with Crippen LogP contribution in [-0.2, 0) is 4.74 Å². The van der Waals surface area contributed by atoms with Gasteiger partial charge in [0.2, 0.25) is 0 Å². The molecule has 0 amide bonds. The highest BCUT2D eigenvalue weighted by molar-refractivity contribution is 4.92. The molecule has 0 atom stereocenters. The maximum absolute atomic E-state index is 5.40. The molecule has 2 aliphatic carbocycles. The highest BCUT2D eigenvalue weighted by Gasteiger charge is 2.40. The van der Waals surface area contributed by atoms with Gasteiger partial charge in [-0.2, -0.15) is 0 Å². The Labute approximate surface area is 99.1 Å². The zero-order valence-electron chi connectivity index (χ0n) is 10.3. The molecule has 3 rings (SSSR count). The Balaban J connectivity index is 1.34. The minimum absolute atomic E-state index is 0.882. The lowest BCUT2D eigenvalue weighted by molar-refractivity contribution is 0.0659. The summed E-state index contributed by atoms with van der Waals surface area (Å²) in [6.45, 7) is 4.51. The standard InChI is InChI=1S/C14H25NO/c1-2-12(1)14(13-3-4-13)10-15-9-11-5-7-16-8-6-11/h11-15H,1-10H2. The Morgan fingerprint density at radius 3 is 2.12 bits per heavy atom. The molecule has 2 heteroatoms. The summed E-state index contributed by atoms with van der Waals surface area (Å²) in [7, 11) is 0. The molecule has 1 saturated heterocycles. The van der Waals surface area contributed by atoms with Crippen LogP contribution in [-0.4, -0.2) is 26.3 Å². The zero-order chi connectivity index (χ0) is 10.8. The predicted molar refractivity (Wildman–Crippen MR) is 65.4 cm³/mol. The van der Waals surface area contributed by atoms with Gasteiger partial charge < -0.3 is 10.1 Å². The summed E-state index contributed by atoms with van der Waals surface area (Å²) < 4.78 is 5.40. The summed E-state index contributed by atoms with van der Waals surface area (Å²) in [5.41, 5.74) is 0. The van der Waals surface area contributed by atoms with E-state index in [9.17, 15) is 0 Å². The van der Waals surface area contributed by atoms with Gasteiger partial charge in [0.25, 0.3) is 0 Å². The van der Waals surface area contributed by atoms with Crippen molar-refractivity contribution < 1.29 is 4.74 Å². The zero-order valence-corrected chi connectivity index (χ0v) is 10.3. The molecule has 0 bridgehead atoms. The van der Waals surface area contributed by atoms with E-state index in [-0.39, 0.29) is 0 Å². The second-order valence-corrected chi connectivity index (χ2v) is 6.05. The quantitative estimate of drug-likeness (QED) is 0.747. The monoisotopic (exact) mass is 223 g/mol. The Morgan fingerprint density at radius 1 is 0.938 bits per heavy atom. The third kappa shape index (κ3) is 2.98. The van der Waals surface area contributed by atoms with Crippen LogP contribution in [0.2, 0.25) is 0 Å². The number of nitrogens with one attached hydrogen (secondary N) is 1. The average molecular weight is 223 g/mol. The Bertz CT molecular complexity index is 205. The number of hydrogen-bond acceptors (Lipinski definition) is 2. The van der Waals surface area contributed by atoms with Crippen LogP contribution in [0.5, 0.6) is 0 Å². The van der Waals surface area contributed by atoms with Crippen LogP contribution in [0.25, 0.3) is 0 Å². The van der Waals surface area contributed by atoms with E-state index in [1.54, 1.807) is 0 Å². The van der Waals surface area contributed by atoms with Gasteiger partial charge in [0.05, 0.1) is 0 Å². The molecule has 0 aromatic heterocycles. The molecule has 1 heterocycles. The van der Waals surface area contributed by atoms with Crippen molar-refractivity contribution in [2.45, 2.75) is 38.5 Å². The van der Waals surface area contributed by atoms with Crippen LogP contribution in [0.15, 0.2) is 0 Å². The van der Waals surface area contributed by atoms with Crippen molar-refractivity contribution in [2.75, 3.05) is 26.3 Å². The van der Waals surface area contributed by atoms with Crippen molar-refractivity contribution in [1.29, 1.82) is 0 Å². The first-order valence-corrected chi connectivity index (χ1v) is 7.22. The summed E-state index contributed by atoms with van der Waals surface area (Å²) in [4.78, 5) is 0. The summed E-state index contributed by atoms with van der Waals surface area (Å²) >= 11 is 0. The maximum atomic E-state index is 5.40. The van der Waals surface area contributed by atoms with Gasteiger partial charge in [0.1, 0.15) is 0 Å². The molecule has 16 heavy (non-hydrogen) atoms. The fraction of sp³-hybridized carbons (Fsp3) is 1.00. The second-order valence-electron chi connectivity index (χ2n) is 6.05. The van der Waals surface area contributed by atoms with Crippen LogP contribution in [0.1, 0.15) is 38.5 Å². The van der Waals surface area contributed by atoms with Crippen LogP contribution < -0.4 is 5.32 Å². The summed E-state index contributed by atoms with van der Waals surface area (Å²) in [6, 6.07) is 0. The van der Waals surface area contributed by atoms with E-state index in [0.717, 1.165) is 36.9 Å². The normalized spacial score (nSPS) is 27.6. The van der Waals surface area contributed by atoms with Gasteiger partial charge in [-0.25, -0.2) is 0 Å². The van der Waals surface area contributed by atoms with Gasteiger partial charge >= 0.3 is 0 Å². The minimum Gasteiger partial charge on any atom is -0.381 e. The fourth-order valence-electron chi connectivity index (χ4n) is 3.17. The van der Waals surface area contributed by atoms with Crippen LogP contribution >= 0.6 is 0 Å². The SMILES string of the molecule is C1CC(CNCC(C2CC2)C2CC2)CCO1. The molecule has 2 nitrogen and oxygen atoms in total. The fourth-order valence-corrected chi connectivity index (χ4v) is 3.17. The average Bonchev–Trinajstić information content (AvgIpc) is 3.17. The molecule has 0 aromatic rings. The lowest BCUT2D eigenvalue weighted by atomic mass is 9.96. The number of rotatable bonds is 6. The molecule has 1 N–H and O–H groups in total. The number of ether oxygens (including phenoxy) is 1. The van der Waals surface area contributed by atoms with E-state index in [1.165, 1.54) is 51.6 Å². The molecule has 0 radical (unpaired) electrons. The van der Waals surface area contributed by atoms with Crippen LogP contribution in [0, 0.1) is 23.7 Å². The first-order chi connectivity index (χ1) is 7.93. The smallest absolute Gasteiger partial charge is 0.0469 e. The van der Waals surface area contributed by atoms with Crippen molar-refractivity contribution in [3.63, 3.8) is 0 Å². The van der Waals surface area contributed by atoms with Gasteiger partial charge in [-0.15, -0.1) is 0 Å². The van der Waals surface area contributed by atoms with Gasteiger partial charge in [-0.05, 0) is 75.3 Å². The first kappa shape index (κ1) is 11.0. The van der Waals surface area contributed by atoms with Crippen molar-refractivity contribution in [3.8, 4) is 0 Å². The Kier molecular flexibility index (Phi) is 3.49. The predicted octanol–water partition coefficient (Wildman–Crippen LogP) is 2.44. The van der Waals surface area contributed by atoms with E-state index in [4.69, 9.17) is 4.74 Å². The maximum Gasteiger partial charge on any atom is 0.0469 e. The molecule has 3 aliphatic rings. The van der Waals surface area contributed by atoms with E-state index in [0.29, 0.717) is 0 Å². The highest BCUT2D eigenvalue weighted by atomic mass is 16.5. The van der Waals surface area contributed by atoms with Crippen LogP contribution in [0.4, 0.5) is 0 Å². The van der Waals surface area contributed by atoms with E-state index < -0.39 is 0 Å². The van der Waals surface area contributed by atoms with Crippen LogP contribution in [0.3, 0.4) is 0 Å². The van der Waals surface area contributed by atoms with Crippen molar-refractivity contribution >= 4 is 0 Å². The Morgan fingerprint density at radius 2 is 1.56 bits per heavy atom. The third-order valence-electron chi connectivity index (χ3n) is 4.61. The topological polar surface area (TPSA) is 21.3 Å². The molecule has 3 fully saturated rings. The highest BCUT2D eigenvalue weighted by Crippen LogP contribution is 2.48. The van der Waals surface area contributed by atoms with Gasteiger partial charge in [-0.1, -0.05) is 0 Å². The molecule has 92 valence electrons. The van der Waals surface area contributed by atoms with E-state index in [1.807, 2.05) is 0 Å². The molecule has 0 aromatic carbocycles. The molecule has 0 unspecified atom stereocenters. The Hall–Kier alpha value is -0.0800. The van der Waals surface area contributed by atoms with E-state index >= 15 is 0 Å². The molecule has 2 saturated carbocycles. The molecular weight excluding hydrogens is 198 g/mol. The van der Waals surface area contributed by atoms with Gasteiger partial charge in [0, 0.05) is 13.2 Å². The summed E-state index contributed by atoms with van der Waals surface area (Å²) in [5.74, 6) is 4.09. The van der Waals surface area contributed by atoms with E-state index in [2.05, 4.69) is 5.32 Å². The summed E-state index contributed by atoms with van der Waals surface area (Å²) in [5, 5.41) is 3.74. The minimum atomic E-state index is 0.882. The third-order valence-corrected chi connectivity index (χ3v) is 4.61. The number of hydrogen-bond donors (Lipinski definition) is 1. The van der Waals surface area contributed by atoms with Crippen molar-refractivity contribution in [1.82, 2.24) is 5.32 Å². The lowest BCUT2D eigenvalue weighted by Gasteiger charge is -2.24. The second kappa shape index (κ2) is 5.05. The van der Waals surface area contributed by atoms with Crippen molar-refractivity contribution in [2.24, 2.45) is 23.7 Å². The van der Waals surface area contributed by atoms with Gasteiger partial charge in [0.15, 0.2) is 0 Å². The van der Waals surface area contributed by atoms with Crippen molar-refractivity contribution in [3.05, 3.63) is 0 Å².